The Morgan fingerprint density at radius 1 is 1.62 bits per heavy atom. The van der Waals surface area contributed by atoms with Gasteiger partial charge in [-0.2, -0.15) is 9.97 Å². The Kier molecular flexibility index (Phi) is 3.20. The third kappa shape index (κ3) is 2.22. The number of nitrogen functional groups attached to an aromatic ring is 1. The molecule has 3 N–H and O–H groups in total. The zero-order valence-electron chi connectivity index (χ0n) is 8.31. The van der Waals surface area contributed by atoms with E-state index in [1.165, 1.54) is 0 Å². The fraction of sp³-hybridized carbons (Fsp3) is 0.500. The number of nitrogens with two attached hydrogens (primary N) is 1. The van der Waals surface area contributed by atoms with Crippen molar-refractivity contribution in [1.82, 2.24) is 15.0 Å². The molecule has 1 amide bonds. The normalized spacial score (nSPS) is 20.4. The van der Waals surface area contributed by atoms with Crippen molar-refractivity contribution < 1.29 is 4.79 Å². The number of carbonyl (C=O) groups excluding carboxylic acids is 1. The van der Waals surface area contributed by atoms with Crippen LogP contribution in [0.2, 0.25) is 0 Å². The number of hydrogen-bond acceptors (Lipinski definition) is 5. The predicted octanol–water partition coefficient (Wildman–Crippen LogP) is 0.864. The lowest BCUT2D eigenvalue weighted by Gasteiger charge is -2.14. The highest BCUT2D eigenvalue weighted by molar-refractivity contribution is 9.09. The summed E-state index contributed by atoms with van der Waals surface area (Å²) in [6.07, 6.45) is 0.510. The zero-order chi connectivity index (χ0) is 11.7. The number of amides is 1. The second-order valence-corrected chi connectivity index (χ2v) is 4.58. The summed E-state index contributed by atoms with van der Waals surface area (Å²) < 4.78 is 0.140. The number of anilines is 2. The molecule has 0 aromatic carbocycles. The van der Waals surface area contributed by atoms with E-state index in [1.807, 2.05) is 0 Å². The van der Waals surface area contributed by atoms with E-state index in [0.717, 1.165) is 5.33 Å². The van der Waals surface area contributed by atoms with Gasteiger partial charge in [-0.15, -0.1) is 0 Å². The first-order valence-electron chi connectivity index (χ1n) is 4.70. The number of halogens is 1. The molecule has 16 heavy (non-hydrogen) atoms. The maximum absolute atomic E-state index is 11.7. The Morgan fingerprint density at radius 3 is 2.94 bits per heavy atom. The van der Waals surface area contributed by atoms with Crippen molar-refractivity contribution in [3.05, 3.63) is 4.77 Å². The summed E-state index contributed by atoms with van der Waals surface area (Å²) in [4.78, 5) is 23.8. The van der Waals surface area contributed by atoms with Gasteiger partial charge < -0.3 is 5.73 Å². The highest BCUT2D eigenvalue weighted by Crippen LogP contribution is 2.23. The van der Waals surface area contributed by atoms with Crippen molar-refractivity contribution in [2.75, 3.05) is 22.5 Å². The van der Waals surface area contributed by atoms with Gasteiger partial charge in [-0.05, 0) is 18.1 Å². The lowest BCUT2D eigenvalue weighted by molar-refractivity contribution is -0.117. The molecule has 1 unspecified atom stereocenters. The largest absolute Gasteiger partial charge is 0.369 e. The van der Waals surface area contributed by atoms with Crippen molar-refractivity contribution in [1.29, 1.82) is 0 Å². The van der Waals surface area contributed by atoms with Gasteiger partial charge in [0.1, 0.15) is 0 Å². The standard InChI is InChI=1S/C8H10BrN5OS/c9-2-4-1-5(15)14(3-4)7-11-6(10)12-8(16)13-7/h4H,1-3H2,(H3,10,11,12,13,16). The van der Waals surface area contributed by atoms with Crippen LogP contribution in [0.3, 0.4) is 0 Å². The average Bonchev–Trinajstić information content (AvgIpc) is 2.58. The third-order valence-electron chi connectivity index (χ3n) is 2.34. The van der Waals surface area contributed by atoms with Crippen LogP contribution in [0.5, 0.6) is 0 Å². The summed E-state index contributed by atoms with van der Waals surface area (Å²) in [6, 6.07) is 0. The SMILES string of the molecule is Nc1nc(=S)nc(N2CC(CBr)CC2=O)[nH]1. The van der Waals surface area contributed by atoms with Crippen LogP contribution < -0.4 is 10.6 Å². The van der Waals surface area contributed by atoms with Crippen LogP contribution in [-0.4, -0.2) is 32.7 Å². The van der Waals surface area contributed by atoms with Crippen LogP contribution >= 0.6 is 28.1 Å². The number of aromatic nitrogens is 3. The summed E-state index contributed by atoms with van der Waals surface area (Å²) in [6.45, 7) is 0.617. The van der Waals surface area contributed by atoms with Gasteiger partial charge in [-0.3, -0.25) is 14.7 Å². The van der Waals surface area contributed by atoms with E-state index in [-0.39, 0.29) is 16.6 Å². The quantitative estimate of drug-likeness (QED) is 0.625. The monoisotopic (exact) mass is 303 g/mol. The number of alkyl halides is 1. The lowest BCUT2D eigenvalue weighted by atomic mass is 10.2. The van der Waals surface area contributed by atoms with E-state index in [1.54, 1.807) is 4.90 Å². The van der Waals surface area contributed by atoms with Crippen molar-refractivity contribution in [2.45, 2.75) is 6.42 Å². The summed E-state index contributed by atoms with van der Waals surface area (Å²) in [5.74, 6) is 0.870. The van der Waals surface area contributed by atoms with E-state index in [0.29, 0.717) is 24.8 Å². The van der Waals surface area contributed by atoms with Gasteiger partial charge in [0.05, 0.1) is 0 Å². The van der Waals surface area contributed by atoms with E-state index in [4.69, 9.17) is 18.0 Å². The van der Waals surface area contributed by atoms with Crippen LogP contribution in [-0.2, 0) is 4.79 Å². The highest BCUT2D eigenvalue weighted by atomic mass is 79.9. The summed E-state index contributed by atoms with van der Waals surface area (Å²) in [7, 11) is 0. The number of aromatic amines is 1. The van der Waals surface area contributed by atoms with Gasteiger partial charge in [0, 0.05) is 18.3 Å². The molecule has 0 spiro atoms. The van der Waals surface area contributed by atoms with Gasteiger partial charge in [0.2, 0.25) is 22.6 Å². The second kappa shape index (κ2) is 4.46. The fourth-order valence-corrected chi connectivity index (χ4v) is 2.23. The summed E-state index contributed by atoms with van der Waals surface area (Å²) >= 11 is 8.22. The molecule has 86 valence electrons. The Labute approximate surface area is 105 Å². The number of nitrogens with one attached hydrogen (secondary N) is 1. The molecule has 2 rings (SSSR count). The number of H-pyrrole nitrogens is 1. The van der Waals surface area contributed by atoms with Crippen LogP contribution in [0.25, 0.3) is 0 Å². The van der Waals surface area contributed by atoms with Crippen LogP contribution in [0.4, 0.5) is 11.9 Å². The molecule has 1 saturated heterocycles. The molecule has 0 radical (unpaired) electrons. The lowest BCUT2D eigenvalue weighted by Crippen LogP contribution is -2.27. The predicted molar refractivity (Wildman–Crippen MR) is 65.9 cm³/mol. The molecular formula is C8H10BrN5OS. The third-order valence-corrected chi connectivity index (χ3v) is 3.43. The molecule has 0 saturated carbocycles. The second-order valence-electron chi connectivity index (χ2n) is 3.57. The van der Waals surface area contributed by atoms with Gasteiger partial charge in [0.25, 0.3) is 0 Å². The van der Waals surface area contributed by atoms with Crippen LogP contribution in [0.1, 0.15) is 6.42 Å². The van der Waals surface area contributed by atoms with Gasteiger partial charge in [0.15, 0.2) is 0 Å². The minimum Gasteiger partial charge on any atom is -0.369 e. The number of rotatable bonds is 2. The molecule has 0 bridgehead atoms. The molecule has 1 aliphatic heterocycles. The molecule has 1 aromatic heterocycles. The number of carbonyl (C=O) groups is 1. The van der Waals surface area contributed by atoms with E-state index < -0.39 is 0 Å². The highest BCUT2D eigenvalue weighted by Gasteiger charge is 2.31. The molecule has 1 aliphatic rings. The molecular weight excluding hydrogens is 294 g/mol. The maximum atomic E-state index is 11.7. The van der Waals surface area contributed by atoms with Gasteiger partial charge in [-0.25, -0.2) is 0 Å². The van der Waals surface area contributed by atoms with E-state index in [9.17, 15) is 4.79 Å². The van der Waals surface area contributed by atoms with E-state index >= 15 is 0 Å². The number of nitrogens with zero attached hydrogens (tertiary/aromatic N) is 3. The smallest absolute Gasteiger partial charge is 0.229 e. The Bertz CT molecular complexity index is 476. The first kappa shape index (κ1) is 11.5. The topological polar surface area (TPSA) is 87.9 Å². The van der Waals surface area contributed by atoms with Gasteiger partial charge in [-0.1, -0.05) is 15.9 Å². The van der Waals surface area contributed by atoms with Crippen LogP contribution in [0.15, 0.2) is 0 Å². The Morgan fingerprint density at radius 2 is 2.38 bits per heavy atom. The fourth-order valence-electron chi connectivity index (χ4n) is 1.61. The van der Waals surface area contributed by atoms with E-state index in [2.05, 4.69) is 30.9 Å². The minimum atomic E-state index is 0.0215. The zero-order valence-corrected chi connectivity index (χ0v) is 10.7. The molecule has 2 heterocycles. The Balaban J connectivity index is 2.31. The molecule has 1 fully saturated rings. The average molecular weight is 304 g/mol. The van der Waals surface area contributed by atoms with Gasteiger partial charge >= 0.3 is 0 Å². The molecule has 1 atom stereocenters. The van der Waals surface area contributed by atoms with Crippen LogP contribution in [0, 0.1) is 10.7 Å². The number of hydrogen-bond donors (Lipinski definition) is 2. The molecule has 1 aromatic rings. The molecule has 8 heteroatoms. The summed E-state index contributed by atoms with van der Waals surface area (Å²) in [5, 5.41) is 0.788. The first-order chi connectivity index (χ1) is 7.60. The van der Waals surface area contributed by atoms with Crippen molar-refractivity contribution in [3.63, 3.8) is 0 Å². The van der Waals surface area contributed by atoms with Crippen molar-refractivity contribution in [2.24, 2.45) is 5.92 Å². The van der Waals surface area contributed by atoms with Crippen molar-refractivity contribution >= 4 is 46.0 Å². The molecule has 6 nitrogen and oxygen atoms in total. The molecule has 0 aliphatic carbocycles. The summed E-state index contributed by atoms with van der Waals surface area (Å²) in [5.41, 5.74) is 5.52. The van der Waals surface area contributed by atoms with Crippen molar-refractivity contribution in [3.8, 4) is 0 Å². The Hall–Kier alpha value is -1.02. The minimum absolute atomic E-state index is 0.0215. The maximum Gasteiger partial charge on any atom is 0.229 e. The first-order valence-corrected chi connectivity index (χ1v) is 6.23.